The maximum Gasteiger partial charge on any atom is 0.256 e. The van der Waals surface area contributed by atoms with Crippen LogP contribution in [0.4, 0.5) is 4.39 Å². The molecule has 1 heterocycles. The topological polar surface area (TPSA) is 49.9 Å². The van der Waals surface area contributed by atoms with Crippen molar-refractivity contribution in [2.24, 2.45) is 0 Å². The van der Waals surface area contributed by atoms with Gasteiger partial charge >= 0.3 is 0 Å². The van der Waals surface area contributed by atoms with Crippen molar-refractivity contribution in [2.75, 3.05) is 26.2 Å². The highest BCUT2D eigenvalue weighted by atomic mass is 19.1. The largest absolute Gasteiger partial charge is 0.490 e. The Labute approximate surface area is 176 Å². The predicted molar refractivity (Wildman–Crippen MR) is 112 cm³/mol. The number of carbonyl (C=O) groups excluding carboxylic acids is 2. The van der Waals surface area contributed by atoms with Crippen LogP contribution in [-0.2, 0) is 0 Å². The van der Waals surface area contributed by atoms with Crippen LogP contribution in [0.1, 0.15) is 52.8 Å². The molecule has 2 aliphatic rings. The van der Waals surface area contributed by atoms with Crippen LogP contribution in [0.25, 0.3) is 0 Å². The summed E-state index contributed by atoms with van der Waals surface area (Å²) < 4.78 is 19.9. The number of amides is 2. The molecule has 1 saturated carbocycles. The Morgan fingerprint density at radius 2 is 1.43 bits per heavy atom. The van der Waals surface area contributed by atoms with Crippen molar-refractivity contribution >= 4 is 11.8 Å². The minimum absolute atomic E-state index is 0.0531. The summed E-state index contributed by atoms with van der Waals surface area (Å²) in [7, 11) is 0. The molecular weight excluding hydrogens is 383 g/mol. The van der Waals surface area contributed by atoms with Crippen molar-refractivity contribution in [3.8, 4) is 5.75 Å². The van der Waals surface area contributed by atoms with Gasteiger partial charge in [0.15, 0.2) is 0 Å². The molecule has 1 saturated heterocycles. The second kappa shape index (κ2) is 9.28. The second-order valence-electron chi connectivity index (χ2n) is 7.97. The van der Waals surface area contributed by atoms with Gasteiger partial charge in [-0.25, -0.2) is 4.39 Å². The molecule has 0 unspecified atom stereocenters. The van der Waals surface area contributed by atoms with E-state index in [1.165, 1.54) is 25.0 Å². The molecule has 0 N–H and O–H groups in total. The SMILES string of the molecule is O=C(c1ccc(OC2CCCC2)cc1)N1CCCN(C(=O)c2ccccc2F)CC1. The molecule has 0 bridgehead atoms. The molecule has 2 fully saturated rings. The van der Waals surface area contributed by atoms with Crippen molar-refractivity contribution in [2.45, 2.75) is 38.2 Å². The normalized spacial score (nSPS) is 17.6. The first-order valence-electron chi connectivity index (χ1n) is 10.7. The third-order valence-electron chi connectivity index (χ3n) is 5.88. The van der Waals surface area contributed by atoms with Crippen molar-refractivity contribution in [1.29, 1.82) is 0 Å². The molecule has 0 atom stereocenters. The van der Waals surface area contributed by atoms with Gasteiger partial charge in [0.25, 0.3) is 11.8 Å². The Bertz CT molecular complexity index is 894. The van der Waals surface area contributed by atoms with E-state index in [9.17, 15) is 14.0 Å². The van der Waals surface area contributed by atoms with Gasteiger partial charge in [0.1, 0.15) is 11.6 Å². The molecule has 2 aromatic rings. The highest BCUT2D eigenvalue weighted by Gasteiger charge is 2.25. The third-order valence-corrected chi connectivity index (χ3v) is 5.88. The van der Waals surface area contributed by atoms with Crippen molar-refractivity contribution in [3.05, 3.63) is 65.5 Å². The van der Waals surface area contributed by atoms with Crippen LogP contribution in [-0.4, -0.2) is 53.9 Å². The molecule has 1 aliphatic heterocycles. The van der Waals surface area contributed by atoms with E-state index < -0.39 is 5.82 Å². The Kier molecular flexibility index (Phi) is 6.31. The number of benzene rings is 2. The molecule has 0 aromatic heterocycles. The van der Waals surface area contributed by atoms with Crippen LogP contribution in [0.5, 0.6) is 5.75 Å². The van der Waals surface area contributed by atoms with E-state index in [0.29, 0.717) is 38.2 Å². The smallest absolute Gasteiger partial charge is 0.256 e. The summed E-state index contributed by atoms with van der Waals surface area (Å²) in [5, 5.41) is 0. The van der Waals surface area contributed by atoms with Gasteiger partial charge in [-0.3, -0.25) is 9.59 Å². The Morgan fingerprint density at radius 3 is 2.10 bits per heavy atom. The lowest BCUT2D eigenvalue weighted by molar-refractivity contribution is 0.0716. The maximum atomic E-state index is 14.0. The average molecular weight is 410 g/mol. The monoisotopic (exact) mass is 410 g/mol. The second-order valence-corrected chi connectivity index (χ2v) is 7.97. The van der Waals surface area contributed by atoms with E-state index in [1.54, 1.807) is 34.1 Å². The first kappa shape index (κ1) is 20.4. The predicted octanol–water partition coefficient (Wildman–Crippen LogP) is 4.14. The zero-order valence-electron chi connectivity index (χ0n) is 17.1. The lowest BCUT2D eigenvalue weighted by Gasteiger charge is -2.22. The van der Waals surface area contributed by atoms with Gasteiger partial charge < -0.3 is 14.5 Å². The van der Waals surface area contributed by atoms with Gasteiger partial charge in [0.2, 0.25) is 0 Å². The summed E-state index contributed by atoms with van der Waals surface area (Å²) in [6, 6.07) is 13.3. The molecule has 158 valence electrons. The van der Waals surface area contributed by atoms with Gasteiger partial charge in [-0.15, -0.1) is 0 Å². The average Bonchev–Trinajstić information content (AvgIpc) is 3.15. The summed E-state index contributed by atoms with van der Waals surface area (Å²) in [6.07, 6.45) is 5.57. The maximum absolute atomic E-state index is 14.0. The number of rotatable bonds is 4. The van der Waals surface area contributed by atoms with Crippen LogP contribution in [0.3, 0.4) is 0 Å². The highest BCUT2D eigenvalue weighted by molar-refractivity contribution is 5.95. The molecule has 6 heteroatoms. The summed E-state index contributed by atoms with van der Waals surface area (Å²) in [6.45, 7) is 1.90. The Balaban J connectivity index is 1.36. The molecule has 0 spiro atoms. The number of nitrogens with zero attached hydrogens (tertiary/aromatic N) is 2. The van der Waals surface area contributed by atoms with Crippen LogP contribution >= 0.6 is 0 Å². The van der Waals surface area contributed by atoms with Crippen LogP contribution in [0, 0.1) is 5.82 Å². The quantitative estimate of drug-likeness (QED) is 0.761. The minimum atomic E-state index is -0.514. The molecule has 0 radical (unpaired) electrons. The van der Waals surface area contributed by atoms with Gasteiger partial charge in [0, 0.05) is 31.7 Å². The van der Waals surface area contributed by atoms with Crippen LogP contribution in [0.2, 0.25) is 0 Å². The molecule has 5 nitrogen and oxygen atoms in total. The number of carbonyl (C=O) groups is 2. The molecular formula is C24H27FN2O3. The van der Waals surface area contributed by atoms with E-state index in [2.05, 4.69) is 0 Å². The third kappa shape index (κ3) is 4.64. The molecule has 2 aromatic carbocycles. The number of hydrogen-bond acceptors (Lipinski definition) is 3. The first-order valence-corrected chi connectivity index (χ1v) is 10.7. The summed E-state index contributed by atoms with van der Waals surface area (Å²) in [4.78, 5) is 29.0. The van der Waals surface area contributed by atoms with Crippen LogP contribution < -0.4 is 4.74 Å². The van der Waals surface area contributed by atoms with E-state index in [0.717, 1.165) is 18.6 Å². The zero-order chi connectivity index (χ0) is 20.9. The van der Waals surface area contributed by atoms with E-state index in [-0.39, 0.29) is 23.5 Å². The first-order chi connectivity index (χ1) is 14.6. The van der Waals surface area contributed by atoms with E-state index >= 15 is 0 Å². The van der Waals surface area contributed by atoms with E-state index in [1.807, 2.05) is 12.1 Å². The summed E-state index contributed by atoms with van der Waals surface area (Å²) >= 11 is 0. The number of ether oxygens (including phenoxy) is 1. The van der Waals surface area contributed by atoms with Gasteiger partial charge in [0.05, 0.1) is 11.7 Å². The lowest BCUT2D eigenvalue weighted by Crippen LogP contribution is -2.37. The number of halogens is 1. The fraction of sp³-hybridized carbons (Fsp3) is 0.417. The van der Waals surface area contributed by atoms with Crippen molar-refractivity contribution in [3.63, 3.8) is 0 Å². The number of hydrogen-bond donors (Lipinski definition) is 0. The minimum Gasteiger partial charge on any atom is -0.490 e. The lowest BCUT2D eigenvalue weighted by atomic mass is 10.2. The van der Waals surface area contributed by atoms with Gasteiger partial charge in [-0.05, 0) is 68.5 Å². The fourth-order valence-electron chi connectivity index (χ4n) is 4.19. The van der Waals surface area contributed by atoms with Gasteiger partial charge in [-0.1, -0.05) is 12.1 Å². The Morgan fingerprint density at radius 1 is 0.800 bits per heavy atom. The standard InChI is InChI=1S/C24H27FN2O3/c25-22-9-4-3-8-21(22)24(29)27-15-5-14-26(16-17-27)23(28)18-10-12-20(13-11-18)30-19-6-1-2-7-19/h3-4,8-13,19H,1-2,5-7,14-17H2. The molecule has 2 amide bonds. The van der Waals surface area contributed by atoms with Gasteiger partial charge in [-0.2, -0.15) is 0 Å². The Hall–Kier alpha value is -2.89. The zero-order valence-corrected chi connectivity index (χ0v) is 17.1. The van der Waals surface area contributed by atoms with Crippen molar-refractivity contribution in [1.82, 2.24) is 9.80 Å². The van der Waals surface area contributed by atoms with E-state index in [4.69, 9.17) is 4.74 Å². The molecule has 4 rings (SSSR count). The summed E-state index contributed by atoms with van der Waals surface area (Å²) in [5.41, 5.74) is 0.692. The highest BCUT2D eigenvalue weighted by Crippen LogP contribution is 2.24. The molecule has 30 heavy (non-hydrogen) atoms. The fourth-order valence-corrected chi connectivity index (χ4v) is 4.19. The molecule has 1 aliphatic carbocycles. The van der Waals surface area contributed by atoms with Crippen LogP contribution in [0.15, 0.2) is 48.5 Å². The summed E-state index contributed by atoms with van der Waals surface area (Å²) in [5.74, 6) is -0.0889. The van der Waals surface area contributed by atoms with Crippen molar-refractivity contribution < 1.29 is 18.7 Å².